The second kappa shape index (κ2) is 4.81. The van der Waals surface area contributed by atoms with Gasteiger partial charge in [0.1, 0.15) is 0 Å². The van der Waals surface area contributed by atoms with Crippen LogP contribution in [-0.4, -0.2) is 0 Å². The maximum absolute atomic E-state index is 5.77. The Hall–Kier alpha value is -1.12. The summed E-state index contributed by atoms with van der Waals surface area (Å²) in [5.74, 6) is 0. The lowest BCUT2D eigenvalue weighted by atomic mass is 9.98. The molecule has 0 bridgehead atoms. The summed E-state index contributed by atoms with van der Waals surface area (Å²) < 4.78 is 1.11. The molecule has 0 aliphatic rings. The Bertz CT molecular complexity index is 506. The minimum atomic E-state index is 0.566. The van der Waals surface area contributed by atoms with Gasteiger partial charge >= 0.3 is 0 Å². The van der Waals surface area contributed by atoms with Crippen LogP contribution in [0, 0.1) is 6.92 Å². The van der Waals surface area contributed by atoms with E-state index in [9.17, 15) is 0 Å². The Balaban J connectivity index is 2.63. The fraction of sp³-hybridized carbons (Fsp3) is 0.143. The Morgan fingerprint density at radius 2 is 1.81 bits per heavy atom. The smallest absolute Gasteiger partial charge is 0.0253 e. The molecule has 2 aromatic carbocycles. The zero-order chi connectivity index (χ0) is 11.5. The molecule has 0 spiro atoms. The van der Waals surface area contributed by atoms with E-state index < -0.39 is 0 Å². The molecule has 2 rings (SSSR count). The van der Waals surface area contributed by atoms with Gasteiger partial charge in [-0.15, -0.1) is 0 Å². The Morgan fingerprint density at radius 3 is 2.50 bits per heavy atom. The van der Waals surface area contributed by atoms with E-state index >= 15 is 0 Å². The summed E-state index contributed by atoms with van der Waals surface area (Å²) >= 11 is 3.58. The van der Waals surface area contributed by atoms with Crippen molar-refractivity contribution in [2.24, 2.45) is 5.73 Å². The number of hydrogen-bond donors (Lipinski definition) is 1. The highest BCUT2D eigenvalue weighted by Crippen LogP contribution is 2.31. The SMILES string of the molecule is Cc1ccc(CN)c(-c2ccccc2Br)c1. The van der Waals surface area contributed by atoms with Crippen molar-refractivity contribution >= 4 is 15.9 Å². The molecule has 0 heterocycles. The molecule has 0 saturated carbocycles. The van der Waals surface area contributed by atoms with Gasteiger partial charge < -0.3 is 5.73 Å². The van der Waals surface area contributed by atoms with Crippen LogP contribution in [0.15, 0.2) is 46.9 Å². The molecule has 82 valence electrons. The van der Waals surface area contributed by atoms with Gasteiger partial charge in [-0.05, 0) is 29.7 Å². The zero-order valence-electron chi connectivity index (χ0n) is 9.20. The lowest BCUT2D eigenvalue weighted by Gasteiger charge is -2.10. The summed E-state index contributed by atoms with van der Waals surface area (Å²) in [6.07, 6.45) is 0. The molecule has 0 amide bonds. The Labute approximate surface area is 104 Å². The van der Waals surface area contributed by atoms with E-state index in [0.29, 0.717) is 6.54 Å². The quantitative estimate of drug-likeness (QED) is 0.885. The van der Waals surface area contributed by atoms with Gasteiger partial charge in [0.15, 0.2) is 0 Å². The largest absolute Gasteiger partial charge is 0.326 e. The normalized spacial score (nSPS) is 10.4. The molecule has 0 atom stereocenters. The Morgan fingerprint density at radius 1 is 1.06 bits per heavy atom. The average Bonchev–Trinajstić information content (AvgIpc) is 2.29. The number of nitrogens with two attached hydrogens (primary N) is 1. The molecule has 0 aliphatic carbocycles. The van der Waals surface area contributed by atoms with Crippen molar-refractivity contribution in [3.8, 4) is 11.1 Å². The molecule has 16 heavy (non-hydrogen) atoms. The van der Waals surface area contributed by atoms with Crippen LogP contribution in [0.2, 0.25) is 0 Å². The van der Waals surface area contributed by atoms with Gasteiger partial charge in [0.25, 0.3) is 0 Å². The molecule has 0 saturated heterocycles. The highest BCUT2D eigenvalue weighted by Gasteiger charge is 2.06. The van der Waals surface area contributed by atoms with Gasteiger partial charge in [-0.2, -0.15) is 0 Å². The number of aryl methyl sites for hydroxylation is 1. The van der Waals surface area contributed by atoms with E-state index in [1.54, 1.807) is 0 Å². The molecule has 0 radical (unpaired) electrons. The van der Waals surface area contributed by atoms with E-state index in [2.05, 4.69) is 53.2 Å². The monoisotopic (exact) mass is 275 g/mol. The first kappa shape index (κ1) is 11.4. The average molecular weight is 276 g/mol. The molecular weight excluding hydrogens is 262 g/mol. The maximum atomic E-state index is 5.77. The van der Waals surface area contributed by atoms with Gasteiger partial charge in [-0.25, -0.2) is 0 Å². The highest BCUT2D eigenvalue weighted by atomic mass is 79.9. The van der Waals surface area contributed by atoms with Gasteiger partial charge in [0.05, 0.1) is 0 Å². The number of hydrogen-bond acceptors (Lipinski definition) is 1. The van der Waals surface area contributed by atoms with Crippen LogP contribution in [-0.2, 0) is 6.54 Å². The number of benzene rings is 2. The van der Waals surface area contributed by atoms with Gasteiger partial charge in [-0.3, -0.25) is 0 Å². The van der Waals surface area contributed by atoms with Gasteiger partial charge in [0.2, 0.25) is 0 Å². The van der Waals surface area contributed by atoms with Crippen molar-refractivity contribution in [1.29, 1.82) is 0 Å². The van der Waals surface area contributed by atoms with Crippen LogP contribution in [0.25, 0.3) is 11.1 Å². The van der Waals surface area contributed by atoms with E-state index in [1.165, 1.54) is 22.3 Å². The van der Waals surface area contributed by atoms with Crippen molar-refractivity contribution in [2.45, 2.75) is 13.5 Å². The fourth-order valence-corrected chi connectivity index (χ4v) is 2.30. The van der Waals surface area contributed by atoms with Crippen molar-refractivity contribution in [2.75, 3.05) is 0 Å². The fourth-order valence-electron chi connectivity index (χ4n) is 1.80. The summed E-state index contributed by atoms with van der Waals surface area (Å²) in [6.45, 7) is 2.66. The molecule has 0 aromatic heterocycles. The van der Waals surface area contributed by atoms with Crippen molar-refractivity contribution < 1.29 is 0 Å². The summed E-state index contributed by atoms with van der Waals surface area (Å²) in [6, 6.07) is 14.6. The highest BCUT2D eigenvalue weighted by molar-refractivity contribution is 9.10. The van der Waals surface area contributed by atoms with Crippen LogP contribution in [0.5, 0.6) is 0 Å². The first-order chi connectivity index (χ1) is 7.72. The lowest BCUT2D eigenvalue weighted by Crippen LogP contribution is -1.99. The summed E-state index contributed by atoms with van der Waals surface area (Å²) in [7, 11) is 0. The van der Waals surface area contributed by atoms with Crippen LogP contribution in [0.3, 0.4) is 0 Å². The van der Waals surface area contributed by atoms with E-state index in [4.69, 9.17) is 5.73 Å². The third-order valence-electron chi connectivity index (χ3n) is 2.65. The summed E-state index contributed by atoms with van der Waals surface area (Å²) in [4.78, 5) is 0. The Kier molecular flexibility index (Phi) is 3.42. The third-order valence-corrected chi connectivity index (χ3v) is 3.34. The zero-order valence-corrected chi connectivity index (χ0v) is 10.8. The van der Waals surface area contributed by atoms with Gasteiger partial charge in [0, 0.05) is 11.0 Å². The molecule has 2 heteroatoms. The number of halogens is 1. The minimum absolute atomic E-state index is 0.566. The topological polar surface area (TPSA) is 26.0 Å². The number of rotatable bonds is 2. The molecule has 0 fully saturated rings. The predicted molar refractivity (Wildman–Crippen MR) is 72.2 cm³/mol. The van der Waals surface area contributed by atoms with Crippen LogP contribution >= 0.6 is 15.9 Å². The predicted octanol–water partition coefficient (Wildman–Crippen LogP) is 3.88. The van der Waals surface area contributed by atoms with E-state index in [0.717, 1.165) is 4.47 Å². The van der Waals surface area contributed by atoms with E-state index in [1.807, 2.05) is 12.1 Å². The standard InChI is InChI=1S/C14H14BrN/c1-10-6-7-11(9-16)13(8-10)12-4-2-3-5-14(12)15/h2-8H,9,16H2,1H3. The van der Waals surface area contributed by atoms with Gasteiger partial charge in [-0.1, -0.05) is 57.9 Å². The molecule has 0 aliphatic heterocycles. The second-order valence-corrected chi connectivity index (χ2v) is 4.70. The van der Waals surface area contributed by atoms with Crippen molar-refractivity contribution in [3.05, 3.63) is 58.1 Å². The maximum Gasteiger partial charge on any atom is 0.0253 e. The van der Waals surface area contributed by atoms with Crippen molar-refractivity contribution in [3.63, 3.8) is 0 Å². The first-order valence-corrected chi connectivity index (χ1v) is 6.06. The first-order valence-electron chi connectivity index (χ1n) is 5.27. The van der Waals surface area contributed by atoms with Crippen LogP contribution in [0.4, 0.5) is 0 Å². The molecule has 2 aromatic rings. The summed E-state index contributed by atoms with van der Waals surface area (Å²) in [5.41, 5.74) is 10.6. The molecule has 0 unspecified atom stereocenters. The minimum Gasteiger partial charge on any atom is -0.326 e. The summed E-state index contributed by atoms with van der Waals surface area (Å²) in [5, 5.41) is 0. The molecular formula is C14H14BrN. The van der Waals surface area contributed by atoms with Crippen LogP contribution < -0.4 is 5.73 Å². The van der Waals surface area contributed by atoms with Crippen molar-refractivity contribution in [1.82, 2.24) is 0 Å². The molecule has 1 nitrogen and oxygen atoms in total. The molecule has 2 N–H and O–H groups in total. The van der Waals surface area contributed by atoms with E-state index in [-0.39, 0.29) is 0 Å². The van der Waals surface area contributed by atoms with Crippen LogP contribution in [0.1, 0.15) is 11.1 Å². The second-order valence-electron chi connectivity index (χ2n) is 3.84. The third kappa shape index (κ3) is 2.18. The lowest BCUT2D eigenvalue weighted by molar-refractivity contribution is 1.07.